The van der Waals surface area contributed by atoms with E-state index in [0.717, 1.165) is 13.0 Å². The number of aliphatic hydroxyl groups excluding tert-OH is 2. The number of benzene rings is 1. The minimum absolute atomic E-state index is 0.0384. The van der Waals surface area contributed by atoms with Gasteiger partial charge in [-0.1, -0.05) is 23.2 Å². The summed E-state index contributed by atoms with van der Waals surface area (Å²) >= 11 is 11.7. The van der Waals surface area contributed by atoms with Gasteiger partial charge in [0, 0.05) is 18.2 Å². The lowest BCUT2D eigenvalue weighted by molar-refractivity contribution is 0.0875. The number of halogens is 2. The van der Waals surface area contributed by atoms with E-state index in [9.17, 15) is 5.11 Å². The van der Waals surface area contributed by atoms with Gasteiger partial charge in [0.05, 0.1) is 18.2 Å². The highest BCUT2D eigenvalue weighted by Gasteiger charge is 2.07. The molecule has 7 heteroatoms. The van der Waals surface area contributed by atoms with Crippen LogP contribution in [0.1, 0.15) is 6.42 Å². The summed E-state index contributed by atoms with van der Waals surface area (Å²) < 4.78 is 10.5. The Morgan fingerprint density at radius 1 is 1.24 bits per heavy atom. The molecule has 0 aliphatic carbocycles. The van der Waals surface area contributed by atoms with E-state index in [4.69, 9.17) is 37.8 Å². The minimum atomic E-state index is -0.630. The van der Waals surface area contributed by atoms with Gasteiger partial charge in [0.1, 0.15) is 18.5 Å². The van der Waals surface area contributed by atoms with E-state index in [1.807, 2.05) is 0 Å². The third-order valence-corrected chi connectivity index (χ3v) is 3.11. The number of ether oxygens (including phenoxy) is 2. The molecule has 21 heavy (non-hydrogen) atoms. The summed E-state index contributed by atoms with van der Waals surface area (Å²) in [6.07, 6.45) is 0.187. The summed E-state index contributed by atoms with van der Waals surface area (Å²) in [5, 5.41) is 22.4. The van der Waals surface area contributed by atoms with Gasteiger partial charge in [-0.25, -0.2) is 0 Å². The minimum Gasteiger partial charge on any atom is -0.489 e. The molecule has 0 heterocycles. The molecule has 0 aromatic heterocycles. The van der Waals surface area contributed by atoms with Crippen LogP contribution in [0.5, 0.6) is 5.75 Å². The van der Waals surface area contributed by atoms with Crippen LogP contribution in [0, 0.1) is 0 Å². The largest absolute Gasteiger partial charge is 0.489 e. The van der Waals surface area contributed by atoms with Crippen molar-refractivity contribution in [3.8, 4) is 5.75 Å². The normalized spacial score (nSPS) is 12.4. The zero-order chi connectivity index (χ0) is 15.5. The molecule has 0 amide bonds. The van der Waals surface area contributed by atoms with Crippen molar-refractivity contribution >= 4 is 23.2 Å². The molecule has 1 unspecified atom stereocenters. The Labute approximate surface area is 134 Å². The van der Waals surface area contributed by atoms with E-state index < -0.39 is 6.10 Å². The zero-order valence-electron chi connectivity index (χ0n) is 11.7. The van der Waals surface area contributed by atoms with Gasteiger partial charge in [-0.15, -0.1) is 0 Å². The summed E-state index contributed by atoms with van der Waals surface area (Å²) in [4.78, 5) is 0. The zero-order valence-corrected chi connectivity index (χ0v) is 13.2. The van der Waals surface area contributed by atoms with Crippen molar-refractivity contribution in [3.05, 3.63) is 28.2 Å². The summed E-state index contributed by atoms with van der Waals surface area (Å²) in [6, 6.07) is 4.94. The molecule has 1 aromatic carbocycles. The highest BCUT2D eigenvalue weighted by atomic mass is 35.5. The molecule has 3 N–H and O–H groups in total. The highest BCUT2D eigenvalue weighted by Crippen LogP contribution is 2.27. The molecule has 0 spiro atoms. The van der Waals surface area contributed by atoms with Crippen LogP contribution in [0.15, 0.2) is 18.2 Å². The van der Waals surface area contributed by atoms with Gasteiger partial charge in [0.25, 0.3) is 0 Å². The molecular weight excluding hydrogens is 317 g/mol. The monoisotopic (exact) mass is 337 g/mol. The van der Waals surface area contributed by atoms with Crippen LogP contribution in [0.4, 0.5) is 0 Å². The molecule has 0 aliphatic rings. The van der Waals surface area contributed by atoms with Gasteiger partial charge in [0.15, 0.2) is 0 Å². The molecule has 0 saturated heterocycles. The first-order valence-electron chi connectivity index (χ1n) is 6.78. The Balaban J connectivity index is 2.09. The average Bonchev–Trinajstić information content (AvgIpc) is 2.45. The Kier molecular flexibility index (Phi) is 9.74. The van der Waals surface area contributed by atoms with Crippen LogP contribution in [0.25, 0.3) is 0 Å². The average molecular weight is 338 g/mol. The third kappa shape index (κ3) is 8.46. The SMILES string of the molecule is OCCOCCCNCC(O)COc1ccc(Cl)cc1Cl. The topological polar surface area (TPSA) is 71.0 Å². The maximum atomic E-state index is 9.78. The van der Waals surface area contributed by atoms with Crippen LogP contribution in [-0.2, 0) is 4.74 Å². The molecule has 0 bridgehead atoms. The van der Waals surface area contributed by atoms with Gasteiger partial charge in [-0.2, -0.15) is 0 Å². The van der Waals surface area contributed by atoms with E-state index >= 15 is 0 Å². The van der Waals surface area contributed by atoms with Crippen molar-refractivity contribution in [2.24, 2.45) is 0 Å². The number of hydrogen-bond acceptors (Lipinski definition) is 5. The molecule has 0 saturated carbocycles. The van der Waals surface area contributed by atoms with Crippen LogP contribution in [-0.4, -0.2) is 55.8 Å². The molecular formula is C14H21Cl2NO4. The smallest absolute Gasteiger partial charge is 0.138 e. The predicted octanol–water partition coefficient (Wildman–Crippen LogP) is 1.72. The second-order valence-corrected chi connectivity index (χ2v) is 5.28. The first-order chi connectivity index (χ1) is 10.1. The van der Waals surface area contributed by atoms with Crippen molar-refractivity contribution in [2.75, 3.05) is 39.5 Å². The fraction of sp³-hybridized carbons (Fsp3) is 0.571. The van der Waals surface area contributed by atoms with E-state index in [1.54, 1.807) is 18.2 Å². The molecule has 120 valence electrons. The Bertz CT molecular complexity index is 407. The van der Waals surface area contributed by atoms with Gasteiger partial charge in [-0.3, -0.25) is 0 Å². The standard InChI is InChI=1S/C14H21Cl2NO4/c15-11-2-3-14(13(16)8-11)21-10-12(19)9-17-4-1-6-20-7-5-18/h2-3,8,12,17-19H,1,4-7,9-10H2. The number of nitrogens with one attached hydrogen (secondary N) is 1. The summed E-state index contributed by atoms with van der Waals surface area (Å²) in [7, 11) is 0. The molecule has 0 fully saturated rings. The number of aliphatic hydroxyl groups is 2. The van der Waals surface area contributed by atoms with E-state index in [2.05, 4.69) is 5.32 Å². The van der Waals surface area contributed by atoms with Crippen molar-refractivity contribution in [3.63, 3.8) is 0 Å². The summed E-state index contributed by atoms with van der Waals surface area (Å²) in [5.41, 5.74) is 0. The maximum Gasteiger partial charge on any atom is 0.138 e. The molecule has 0 radical (unpaired) electrons. The number of rotatable bonds is 11. The fourth-order valence-electron chi connectivity index (χ4n) is 1.57. The first-order valence-corrected chi connectivity index (χ1v) is 7.54. The second kappa shape index (κ2) is 11.1. The molecule has 5 nitrogen and oxygen atoms in total. The summed E-state index contributed by atoms with van der Waals surface area (Å²) in [5.74, 6) is 0.498. The van der Waals surface area contributed by atoms with Crippen molar-refractivity contribution in [2.45, 2.75) is 12.5 Å². The van der Waals surface area contributed by atoms with Crippen molar-refractivity contribution in [1.29, 1.82) is 0 Å². The predicted molar refractivity (Wildman–Crippen MR) is 83.4 cm³/mol. The van der Waals surface area contributed by atoms with Crippen molar-refractivity contribution < 1.29 is 19.7 Å². The Hall–Kier alpha value is -0.560. The number of hydrogen-bond donors (Lipinski definition) is 3. The Morgan fingerprint density at radius 3 is 2.76 bits per heavy atom. The highest BCUT2D eigenvalue weighted by molar-refractivity contribution is 6.35. The summed E-state index contributed by atoms with van der Waals surface area (Å²) in [6.45, 7) is 2.28. The van der Waals surface area contributed by atoms with Gasteiger partial charge >= 0.3 is 0 Å². The first kappa shape index (κ1) is 18.5. The van der Waals surface area contributed by atoms with Crippen LogP contribution in [0.2, 0.25) is 10.0 Å². The van der Waals surface area contributed by atoms with Crippen LogP contribution >= 0.6 is 23.2 Å². The second-order valence-electron chi connectivity index (χ2n) is 4.43. The van der Waals surface area contributed by atoms with E-state index in [1.165, 1.54) is 0 Å². The van der Waals surface area contributed by atoms with Gasteiger partial charge in [-0.05, 0) is 31.2 Å². The fourth-order valence-corrected chi connectivity index (χ4v) is 2.03. The third-order valence-electron chi connectivity index (χ3n) is 2.58. The van der Waals surface area contributed by atoms with E-state index in [-0.39, 0.29) is 13.2 Å². The Morgan fingerprint density at radius 2 is 2.05 bits per heavy atom. The van der Waals surface area contributed by atoms with Crippen molar-refractivity contribution in [1.82, 2.24) is 5.32 Å². The van der Waals surface area contributed by atoms with Crippen LogP contribution < -0.4 is 10.1 Å². The van der Waals surface area contributed by atoms with Gasteiger partial charge < -0.3 is 25.0 Å². The lowest BCUT2D eigenvalue weighted by atomic mass is 10.3. The quantitative estimate of drug-likeness (QED) is 0.536. The molecule has 1 atom stereocenters. The lowest BCUT2D eigenvalue weighted by Gasteiger charge is -2.14. The lowest BCUT2D eigenvalue weighted by Crippen LogP contribution is -2.32. The van der Waals surface area contributed by atoms with Gasteiger partial charge in [0.2, 0.25) is 0 Å². The maximum absolute atomic E-state index is 9.78. The molecule has 1 rings (SSSR count). The molecule has 0 aliphatic heterocycles. The van der Waals surface area contributed by atoms with Crippen LogP contribution in [0.3, 0.4) is 0 Å². The molecule has 1 aromatic rings. The van der Waals surface area contributed by atoms with E-state index in [0.29, 0.717) is 35.6 Å².